The SMILES string of the molecule is CCCCC(CC)CNC([NH])=O. The zero-order valence-electron chi connectivity index (χ0n) is 8.02. The van der Waals surface area contributed by atoms with E-state index in [0.29, 0.717) is 12.5 Å². The molecule has 0 bridgehead atoms. The monoisotopic (exact) mass is 171 g/mol. The molecule has 3 heteroatoms. The van der Waals surface area contributed by atoms with Crippen molar-refractivity contribution >= 4 is 6.03 Å². The summed E-state index contributed by atoms with van der Waals surface area (Å²) < 4.78 is 0. The fourth-order valence-corrected chi connectivity index (χ4v) is 1.18. The first kappa shape index (κ1) is 11.3. The van der Waals surface area contributed by atoms with Crippen LogP contribution in [0, 0.1) is 5.92 Å². The fraction of sp³-hybridized carbons (Fsp3) is 0.889. The average molecular weight is 171 g/mol. The highest BCUT2D eigenvalue weighted by atomic mass is 16.2. The van der Waals surface area contributed by atoms with Crippen LogP contribution in [0.25, 0.3) is 0 Å². The summed E-state index contributed by atoms with van der Waals surface area (Å²) in [7, 11) is 0. The number of unbranched alkanes of at least 4 members (excludes halogenated alkanes) is 1. The number of carbonyl (C=O) groups is 1. The van der Waals surface area contributed by atoms with Crippen LogP contribution >= 0.6 is 0 Å². The Kier molecular flexibility index (Phi) is 6.53. The van der Waals surface area contributed by atoms with E-state index in [-0.39, 0.29) is 0 Å². The molecule has 0 heterocycles. The van der Waals surface area contributed by atoms with Crippen LogP contribution in [0.5, 0.6) is 0 Å². The molecule has 1 radical (unpaired) electrons. The standard InChI is InChI=1S/C9H19N2O/c1-3-5-6-8(4-2)7-11-9(10)12/h8,10H,3-7H2,1-2H3,(H,11,12). The van der Waals surface area contributed by atoms with Gasteiger partial charge in [0.2, 0.25) is 0 Å². The van der Waals surface area contributed by atoms with Crippen molar-refractivity contribution in [2.24, 2.45) is 5.92 Å². The zero-order valence-corrected chi connectivity index (χ0v) is 8.02. The van der Waals surface area contributed by atoms with Crippen LogP contribution in [0.1, 0.15) is 39.5 Å². The van der Waals surface area contributed by atoms with Crippen molar-refractivity contribution in [3.8, 4) is 0 Å². The molecule has 3 nitrogen and oxygen atoms in total. The van der Waals surface area contributed by atoms with Crippen LogP contribution in [0.2, 0.25) is 0 Å². The van der Waals surface area contributed by atoms with Gasteiger partial charge in [-0.05, 0) is 12.3 Å². The summed E-state index contributed by atoms with van der Waals surface area (Å²) in [6.45, 7) is 4.95. The van der Waals surface area contributed by atoms with Crippen molar-refractivity contribution in [3.63, 3.8) is 0 Å². The minimum atomic E-state index is -0.662. The molecular weight excluding hydrogens is 152 g/mol. The molecule has 2 N–H and O–H groups in total. The van der Waals surface area contributed by atoms with Gasteiger partial charge in [0.05, 0.1) is 0 Å². The zero-order chi connectivity index (χ0) is 9.40. The summed E-state index contributed by atoms with van der Waals surface area (Å²) in [6, 6.07) is -0.662. The van der Waals surface area contributed by atoms with Crippen LogP contribution < -0.4 is 11.1 Å². The van der Waals surface area contributed by atoms with Gasteiger partial charge < -0.3 is 5.32 Å². The van der Waals surface area contributed by atoms with Crippen LogP contribution in [-0.2, 0) is 0 Å². The number of hydrogen-bond donors (Lipinski definition) is 1. The molecule has 0 spiro atoms. The summed E-state index contributed by atoms with van der Waals surface area (Å²) in [4.78, 5) is 10.3. The summed E-state index contributed by atoms with van der Waals surface area (Å²) in [6.07, 6.45) is 4.66. The normalized spacial score (nSPS) is 12.5. The molecule has 12 heavy (non-hydrogen) atoms. The van der Waals surface area contributed by atoms with Gasteiger partial charge in [-0.2, -0.15) is 0 Å². The minimum Gasteiger partial charge on any atom is -0.336 e. The molecule has 0 saturated heterocycles. The fourth-order valence-electron chi connectivity index (χ4n) is 1.18. The number of urea groups is 1. The second-order valence-corrected chi connectivity index (χ2v) is 3.13. The first-order valence-corrected chi connectivity index (χ1v) is 4.70. The quantitative estimate of drug-likeness (QED) is 0.654. The van der Waals surface area contributed by atoms with Gasteiger partial charge in [-0.3, -0.25) is 0 Å². The molecule has 0 fully saturated rings. The number of carbonyl (C=O) groups excluding carboxylic acids is 1. The summed E-state index contributed by atoms with van der Waals surface area (Å²) in [5, 5.41) is 2.53. The molecule has 1 unspecified atom stereocenters. The lowest BCUT2D eigenvalue weighted by molar-refractivity contribution is 0.245. The van der Waals surface area contributed by atoms with E-state index in [0.717, 1.165) is 12.8 Å². The Labute approximate surface area is 74.7 Å². The van der Waals surface area contributed by atoms with Gasteiger partial charge in [0.25, 0.3) is 0 Å². The molecule has 71 valence electrons. The lowest BCUT2D eigenvalue weighted by Crippen LogP contribution is -2.28. The van der Waals surface area contributed by atoms with Crippen LogP contribution in [0.3, 0.4) is 0 Å². The van der Waals surface area contributed by atoms with E-state index >= 15 is 0 Å². The van der Waals surface area contributed by atoms with Crippen LogP contribution in [0.4, 0.5) is 4.79 Å². The molecule has 0 rings (SSSR count). The van der Waals surface area contributed by atoms with E-state index in [1.807, 2.05) is 0 Å². The van der Waals surface area contributed by atoms with Gasteiger partial charge in [-0.25, -0.2) is 10.5 Å². The van der Waals surface area contributed by atoms with E-state index in [4.69, 9.17) is 5.73 Å². The average Bonchev–Trinajstić information content (AvgIpc) is 2.05. The second-order valence-electron chi connectivity index (χ2n) is 3.13. The lowest BCUT2D eigenvalue weighted by atomic mass is 9.99. The largest absolute Gasteiger partial charge is 0.336 e. The Balaban J connectivity index is 3.45. The van der Waals surface area contributed by atoms with E-state index in [1.54, 1.807) is 0 Å². The molecule has 0 saturated carbocycles. The molecule has 2 amide bonds. The second kappa shape index (κ2) is 6.95. The Hall–Kier alpha value is -0.730. The van der Waals surface area contributed by atoms with Gasteiger partial charge >= 0.3 is 6.03 Å². The van der Waals surface area contributed by atoms with Gasteiger partial charge in [0.15, 0.2) is 0 Å². The highest BCUT2D eigenvalue weighted by molar-refractivity contribution is 5.70. The van der Waals surface area contributed by atoms with Gasteiger partial charge in [0.1, 0.15) is 0 Å². The maximum absolute atomic E-state index is 10.3. The number of nitrogens with one attached hydrogen (secondary N) is 2. The van der Waals surface area contributed by atoms with Gasteiger partial charge in [-0.15, -0.1) is 0 Å². The van der Waals surface area contributed by atoms with E-state index in [1.165, 1.54) is 12.8 Å². The highest BCUT2D eigenvalue weighted by Crippen LogP contribution is 2.10. The molecule has 1 atom stereocenters. The Morgan fingerprint density at radius 1 is 1.50 bits per heavy atom. The van der Waals surface area contributed by atoms with Crippen LogP contribution in [0.15, 0.2) is 0 Å². The van der Waals surface area contributed by atoms with Crippen molar-refractivity contribution in [2.45, 2.75) is 39.5 Å². The number of hydrogen-bond acceptors (Lipinski definition) is 1. The Morgan fingerprint density at radius 2 is 2.17 bits per heavy atom. The molecule has 0 aromatic carbocycles. The predicted molar refractivity (Wildman–Crippen MR) is 49.8 cm³/mol. The van der Waals surface area contributed by atoms with Crippen molar-refractivity contribution in [2.75, 3.05) is 6.54 Å². The topological polar surface area (TPSA) is 52.9 Å². The number of amides is 2. The van der Waals surface area contributed by atoms with Crippen molar-refractivity contribution in [1.29, 1.82) is 0 Å². The third kappa shape index (κ3) is 6.01. The molecule has 0 aliphatic heterocycles. The Morgan fingerprint density at radius 3 is 2.58 bits per heavy atom. The minimum absolute atomic E-state index is 0.555. The Bertz CT molecular complexity index is 126. The molecule has 0 aliphatic rings. The summed E-state index contributed by atoms with van der Waals surface area (Å²) in [5.74, 6) is 0.555. The molecule has 0 aromatic heterocycles. The maximum atomic E-state index is 10.3. The van der Waals surface area contributed by atoms with Crippen LogP contribution in [-0.4, -0.2) is 12.6 Å². The predicted octanol–water partition coefficient (Wildman–Crippen LogP) is 2.20. The molecule has 0 aliphatic carbocycles. The van der Waals surface area contributed by atoms with E-state index < -0.39 is 6.03 Å². The van der Waals surface area contributed by atoms with Crippen molar-refractivity contribution in [1.82, 2.24) is 11.1 Å². The van der Waals surface area contributed by atoms with Gasteiger partial charge in [0, 0.05) is 6.54 Å². The van der Waals surface area contributed by atoms with E-state index in [9.17, 15) is 4.79 Å². The van der Waals surface area contributed by atoms with Crippen molar-refractivity contribution < 1.29 is 4.79 Å². The molecular formula is C9H19N2O. The third-order valence-corrected chi connectivity index (χ3v) is 2.09. The van der Waals surface area contributed by atoms with Gasteiger partial charge in [-0.1, -0.05) is 33.1 Å². The highest BCUT2D eigenvalue weighted by Gasteiger charge is 2.05. The smallest absolute Gasteiger partial charge is 0.333 e. The summed E-state index contributed by atoms with van der Waals surface area (Å²) in [5.41, 5.74) is 6.67. The first-order valence-electron chi connectivity index (χ1n) is 4.70. The molecule has 0 aromatic rings. The van der Waals surface area contributed by atoms with Crippen molar-refractivity contribution in [3.05, 3.63) is 0 Å². The number of rotatable bonds is 6. The summed E-state index contributed by atoms with van der Waals surface area (Å²) >= 11 is 0. The van der Waals surface area contributed by atoms with E-state index in [2.05, 4.69) is 19.2 Å². The third-order valence-electron chi connectivity index (χ3n) is 2.09. The lowest BCUT2D eigenvalue weighted by Gasteiger charge is -2.13. The first-order chi connectivity index (χ1) is 5.70. The maximum Gasteiger partial charge on any atom is 0.333 e.